The Bertz CT molecular complexity index is 3050. The molecule has 0 bridgehead atoms. The fraction of sp³-hybridized carbons (Fsp3) is 0.125. The normalized spacial score (nSPS) is 11.6. The third kappa shape index (κ3) is 25.4. The molecular weight excluding hydrogens is 1170 g/mol. The van der Waals surface area contributed by atoms with E-state index in [0.29, 0.717) is 12.0 Å². The second-order valence-electron chi connectivity index (χ2n) is 12.3. The number of nitrogens with two attached hydrogens (primary N) is 2. The Morgan fingerprint density at radius 2 is 1.05 bits per heavy atom. The summed E-state index contributed by atoms with van der Waals surface area (Å²) in [5.74, 6) is -1.13. The molecule has 73 heavy (non-hydrogen) atoms. The number of anilines is 3. The number of hydrogen-bond acceptors (Lipinski definition) is 31. The third-order valence-corrected chi connectivity index (χ3v) is 13.9. The predicted molar refractivity (Wildman–Crippen MR) is 227 cm³/mol. The van der Waals surface area contributed by atoms with Crippen LogP contribution in [0.1, 0.15) is 0 Å². The van der Waals surface area contributed by atoms with E-state index in [2.05, 4.69) is 52.8 Å². The average molecular weight is 1200 g/mol. The number of sulfone groups is 2. The van der Waals surface area contributed by atoms with Gasteiger partial charge in [-0.25, -0.2) is 33.7 Å². The summed E-state index contributed by atoms with van der Waals surface area (Å²) in [5, 5.41) is 65.0. The van der Waals surface area contributed by atoms with E-state index >= 15 is 0 Å². The number of hydrogen-bond donors (Lipinski definition) is 4. The van der Waals surface area contributed by atoms with Crippen LogP contribution in [0.15, 0.2) is 125 Å². The smallest absolute Gasteiger partial charge is 0.744 e. The Labute approximate surface area is 539 Å². The minimum absolute atomic E-state index is 0. The largest absolute Gasteiger partial charge is 1.00 e. The first kappa shape index (κ1) is 75.2. The number of azo groups is 2. The van der Waals surface area contributed by atoms with E-state index in [-0.39, 0.29) is 257 Å². The van der Waals surface area contributed by atoms with Gasteiger partial charge in [-0.1, -0.05) is 0 Å². The average Bonchev–Trinajstić information content (AvgIpc) is 3.27. The number of benzene rings is 5. The van der Waals surface area contributed by atoms with Crippen LogP contribution >= 0.6 is 36.7 Å². The quantitative estimate of drug-likeness (QED) is 0.00651. The molecule has 0 atom stereocenters. The number of fused-ring (bicyclic) bond motifs is 1. The SMILES string of the molecule is Nc1cc(N)c(S(=O)(=O)[O-])cc1N=Nc1ccc(S(=O)(=O)CCOSOO[O-])cc1.O=S(=O)([O-])Nc1ccc2c(O)cc(SOO[O-])cc2c1N=Nc1ccc(S(=O)(=O)CCOSOO[O-])cc1.[Na+].[Na+].[Na+].[Na+].[Na+]. The van der Waals surface area contributed by atoms with Crippen LogP contribution in [0.5, 0.6) is 5.75 Å². The minimum Gasteiger partial charge on any atom is -0.744 e. The van der Waals surface area contributed by atoms with Gasteiger partial charge in [-0.05, 0) is 84.9 Å². The van der Waals surface area contributed by atoms with E-state index in [4.69, 9.17) is 15.7 Å². The van der Waals surface area contributed by atoms with Gasteiger partial charge in [0, 0.05) is 15.7 Å². The predicted octanol–water partition coefficient (Wildman–Crippen LogP) is -12.6. The fourth-order valence-electron chi connectivity index (χ4n) is 5.02. The summed E-state index contributed by atoms with van der Waals surface area (Å²) >= 11 is 0.816. The van der Waals surface area contributed by atoms with Gasteiger partial charge >= 0.3 is 148 Å². The van der Waals surface area contributed by atoms with Gasteiger partial charge in [-0.2, -0.15) is 14.6 Å². The zero-order valence-electron chi connectivity index (χ0n) is 38.2. The molecule has 0 amide bonds. The van der Waals surface area contributed by atoms with Gasteiger partial charge in [-0.3, -0.25) is 28.2 Å². The van der Waals surface area contributed by atoms with Crippen molar-refractivity contribution < 1.29 is 248 Å². The summed E-state index contributed by atoms with van der Waals surface area (Å²) in [6.45, 7) is -0.574. The van der Waals surface area contributed by atoms with Crippen molar-refractivity contribution in [1.82, 2.24) is 0 Å². The van der Waals surface area contributed by atoms with Crippen LogP contribution < -0.4 is 180 Å². The molecule has 0 fully saturated rings. The summed E-state index contributed by atoms with van der Waals surface area (Å²) in [4.78, 5) is -0.626. The number of aromatic hydroxyl groups is 1. The van der Waals surface area contributed by atoms with Crippen LogP contribution in [0.3, 0.4) is 0 Å². The second-order valence-corrected chi connectivity index (χ2v) is 20.7. The first-order valence-electron chi connectivity index (χ1n) is 17.4. The molecule has 5 aromatic carbocycles. The van der Waals surface area contributed by atoms with Crippen LogP contribution in [0.4, 0.5) is 39.8 Å². The van der Waals surface area contributed by atoms with E-state index in [1.165, 1.54) is 72.8 Å². The van der Waals surface area contributed by atoms with Gasteiger partial charge < -0.3 is 41.5 Å². The Hall–Kier alpha value is 0.0900. The first-order valence-corrected chi connectivity index (χ1v) is 25.6. The summed E-state index contributed by atoms with van der Waals surface area (Å²) in [5.41, 5.74) is 10.7. The molecule has 370 valence electrons. The number of phenolic OH excluding ortho intramolecular Hbond substituents is 1. The van der Waals surface area contributed by atoms with Gasteiger partial charge in [-0.15, -0.1) is 18.9 Å². The molecule has 0 spiro atoms. The van der Waals surface area contributed by atoms with E-state index in [0.717, 1.165) is 12.1 Å². The first-order chi connectivity index (χ1) is 32.1. The molecule has 29 nitrogen and oxygen atoms in total. The molecule has 0 saturated carbocycles. The Balaban J connectivity index is 0. The van der Waals surface area contributed by atoms with Crippen LogP contribution in [0.2, 0.25) is 0 Å². The van der Waals surface area contributed by atoms with E-state index in [9.17, 15) is 63.7 Å². The molecule has 0 heterocycles. The molecule has 0 unspecified atom stereocenters. The molecule has 5 rings (SSSR count). The molecule has 5 aromatic rings. The zero-order valence-corrected chi connectivity index (χ0v) is 53.9. The van der Waals surface area contributed by atoms with Crippen LogP contribution in [0, 0.1) is 0 Å². The number of rotatable bonds is 24. The van der Waals surface area contributed by atoms with Crippen molar-refractivity contribution in [3.8, 4) is 5.75 Å². The molecule has 0 aliphatic heterocycles. The molecule has 0 aliphatic rings. The Kier molecular flexibility index (Phi) is 37.4. The van der Waals surface area contributed by atoms with Crippen molar-refractivity contribution in [3.05, 3.63) is 84.9 Å². The fourth-order valence-corrected chi connectivity index (χ4v) is 9.31. The van der Waals surface area contributed by atoms with E-state index in [1.54, 1.807) is 4.72 Å². The standard InChI is InChI=1S/C18H17N3O13S4.C14H16N4O9S3.5Na/c22-17-10-12(35-33-31-23)9-15-14(17)5-6-16(21-38(27,28)29)18(15)20-19-11-1-3-13(4-2-11)37(25,26)8-7-30-36-34-32-24;15-11-7-12(16)14(30(22,23)24)8-13(11)18-17-9-1-3-10(4-2-9)29(20,21)6-5-25-28-27-26-19;;;;;/h1-6,9-10,21-24H,7-8H2,(H,27,28,29);1-4,7-8,19H,5-6,15-16H2,(H,22,23,24);;;;;/q;;5*+1/p-5. The number of phenols is 1. The van der Waals surface area contributed by atoms with Crippen molar-refractivity contribution in [1.29, 1.82) is 0 Å². The maximum atomic E-state index is 12.4. The molecule has 0 radical (unpaired) electrons. The van der Waals surface area contributed by atoms with Crippen molar-refractivity contribution in [2.45, 2.75) is 19.6 Å². The molecule has 0 aliphatic carbocycles. The molecular formula is C32H28N7Na5O22S7. The van der Waals surface area contributed by atoms with Crippen molar-refractivity contribution in [2.24, 2.45) is 20.5 Å². The maximum Gasteiger partial charge on any atom is 1.00 e. The van der Waals surface area contributed by atoms with Gasteiger partial charge in [0.15, 0.2) is 54.6 Å². The maximum absolute atomic E-state index is 12.4. The van der Waals surface area contributed by atoms with Gasteiger partial charge in [0.25, 0.3) is 0 Å². The summed E-state index contributed by atoms with van der Waals surface area (Å²) < 4.78 is 140. The minimum atomic E-state index is -4.98. The molecule has 41 heteroatoms. The molecule has 6 N–H and O–H groups in total. The number of nitrogen functional groups attached to an aromatic ring is 2. The van der Waals surface area contributed by atoms with Gasteiger partial charge in [0.05, 0.1) is 79.9 Å². The van der Waals surface area contributed by atoms with Crippen molar-refractivity contribution in [2.75, 3.05) is 40.9 Å². The third-order valence-electron chi connectivity index (χ3n) is 7.89. The Morgan fingerprint density at radius 1 is 0.575 bits per heavy atom. The van der Waals surface area contributed by atoms with Crippen LogP contribution in [-0.4, -0.2) is 72.6 Å². The monoisotopic (exact) mass is 1200 g/mol. The zero-order chi connectivity index (χ0) is 50.1. The van der Waals surface area contributed by atoms with Crippen LogP contribution in [0.25, 0.3) is 10.8 Å². The Morgan fingerprint density at radius 3 is 1.51 bits per heavy atom. The van der Waals surface area contributed by atoms with Gasteiger partial charge in [0.2, 0.25) is 0 Å². The van der Waals surface area contributed by atoms with Crippen LogP contribution in [-0.2, 0) is 76.6 Å². The number of nitrogens with one attached hydrogen (secondary N) is 1. The van der Waals surface area contributed by atoms with E-state index in [1.807, 2.05) is 0 Å². The van der Waals surface area contributed by atoms with Gasteiger partial charge in [0.1, 0.15) is 27.2 Å². The van der Waals surface area contributed by atoms with E-state index < -0.39 is 56.5 Å². The topological polar surface area (TPSA) is 459 Å². The summed E-state index contributed by atoms with van der Waals surface area (Å²) in [6.07, 6.45) is 0. The second kappa shape index (κ2) is 36.4. The van der Waals surface area contributed by atoms with Crippen molar-refractivity contribution in [3.63, 3.8) is 0 Å². The summed E-state index contributed by atoms with van der Waals surface area (Å²) in [6, 6.07) is 17.4. The van der Waals surface area contributed by atoms with Crippen molar-refractivity contribution >= 4 is 127 Å². The molecule has 0 aromatic heterocycles. The summed E-state index contributed by atoms with van der Waals surface area (Å²) in [7, 11) is -17.3. The molecule has 0 saturated heterocycles. The number of nitrogens with zero attached hydrogens (tertiary/aromatic N) is 4.